The second-order valence-electron chi connectivity index (χ2n) is 5.56. The van der Waals surface area contributed by atoms with Gasteiger partial charge in [-0.25, -0.2) is 4.79 Å². The molecule has 0 atom stereocenters. The Morgan fingerprint density at radius 2 is 1.95 bits per heavy atom. The first kappa shape index (κ1) is 16.8. The summed E-state index contributed by atoms with van der Waals surface area (Å²) in [6.45, 7) is 6.98. The van der Waals surface area contributed by atoms with E-state index in [-0.39, 0.29) is 12.3 Å². The van der Waals surface area contributed by atoms with Crippen molar-refractivity contribution in [3.05, 3.63) is 47.4 Å². The summed E-state index contributed by atoms with van der Waals surface area (Å²) in [7, 11) is 0. The number of hydrogen-bond donors (Lipinski definition) is 2. The first-order chi connectivity index (χ1) is 9.78. The quantitative estimate of drug-likeness (QED) is 0.659. The fourth-order valence-corrected chi connectivity index (χ4v) is 1.43. The molecule has 0 fully saturated rings. The van der Waals surface area contributed by atoms with Crippen LogP contribution in [0.4, 0.5) is 4.79 Å². The minimum atomic E-state index is -0.560. The highest BCUT2D eigenvalue weighted by Gasteiger charge is 2.16. The average Bonchev–Trinajstić information content (AvgIpc) is 2.37. The van der Waals surface area contributed by atoms with Gasteiger partial charge in [0.25, 0.3) is 0 Å². The van der Waals surface area contributed by atoms with E-state index in [2.05, 4.69) is 10.3 Å². The van der Waals surface area contributed by atoms with E-state index in [4.69, 9.17) is 4.74 Å². The van der Waals surface area contributed by atoms with E-state index in [9.17, 15) is 9.90 Å². The zero-order valence-corrected chi connectivity index (χ0v) is 12.9. The lowest BCUT2D eigenvalue weighted by Gasteiger charge is -2.19. The van der Waals surface area contributed by atoms with Gasteiger partial charge < -0.3 is 15.2 Å². The zero-order valence-electron chi connectivity index (χ0n) is 12.9. The number of alkyl carbamates (subject to hydrolysis) is 1. The summed E-state index contributed by atoms with van der Waals surface area (Å²) in [5, 5.41) is 12.2. The Bertz CT molecular complexity index is 524. The maximum Gasteiger partial charge on any atom is 0.407 e. The van der Waals surface area contributed by atoms with Gasteiger partial charge in [0, 0.05) is 6.21 Å². The molecule has 1 amide bonds. The molecule has 0 aliphatic rings. The van der Waals surface area contributed by atoms with Gasteiger partial charge in [0.05, 0.1) is 12.2 Å². The number of aliphatic imine (C=N–C) groups is 1. The average molecular weight is 290 g/mol. The van der Waals surface area contributed by atoms with Crippen LogP contribution in [-0.2, 0) is 4.74 Å². The van der Waals surface area contributed by atoms with Crippen LogP contribution in [0.5, 0.6) is 0 Å². The molecule has 0 heterocycles. The number of carbonyl (C=O) groups excluding carboxylic acids is 1. The van der Waals surface area contributed by atoms with Gasteiger partial charge in [-0.05, 0) is 33.3 Å². The summed E-state index contributed by atoms with van der Waals surface area (Å²) < 4.78 is 5.12. The van der Waals surface area contributed by atoms with Gasteiger partial charge in [0.15, 0.2) is 0 Å². The molecule has 0 bridgehead atoms. The highest BCUT2D eigenvalue weighted by atomic mass is 16.6. The lowest BCUT2D eigenvalue weighted by molar-refractivity contribution is 0.0532. The van der Waals surface area contributed by atoms with E-state index in [0.29, 0.717) is 5.70 Å². The lowest BCUT2D eigenvalue weighted by Crippen LogP contribution is -2.33. The Kier molecular flexibility index (Phi) is 5.96. The maximum absolute atomic E-state index is 11.6. The Morgan fingerprint density at radius 1 is 1.33 bits per heavy atom. The number of aliphatic hydroxyl groups excluding tert-OH is 1. The molecule has 114 valence electrons. The van der Waals surface area contributed by atoms with Crippen molar-refractivity contribution in [1.29, 1.82) is 0 Å². The molecule has 0 aliphatic heterocycles. The van der Waals surface area contributed by atoms with E-state index in [0.717, 1.165) is 5.56 Å². The summed E-state index contributed by atoms with van der Waals surface area (Å²) in [6.07, 6.45) is 1.09. The van der Waals surface area contributed by atoms with Crippen LogP contribution in [0, 0.1) is 0 Å². The van der Waals surface area contributed by atoms with Crippen LogP contribution in [0.1, 0.15) is 33.3 Å². The fourth-order valence-electron chi connectivity index (χ4n) is 1.43. The predicted molar refractivity (Wildman–Crippen MR) is 83.6 cm³/mol. The standard InChI is InChI=1S/C16H22N2O3/c1-12(19)14(11-18-15(20)21-16(2,3)4)17-10-13-8-6-5-7-9-13/h5-10,19H,11H2,1-4H3,(H,18,20)/b14-12-,17-10?. The minimum absolute atomic E-state index is 0.0539. The van der Waals surface area contributed by atoms with Gasteiger partial charge in [-0.15, -0.1) is 0 Å². The SMILES string of the molecule is C/C(O)=C(\CNC(=O)OC(C)(C)C)N=Cc1ccccc1. The van der Waals surface area contributed by atoms with Crippen LogP contribution in [-0.4, -0.2) is 29.6 Å². The summed E-state index contributed by atoms with van der Waals surface area (Å²) in [6, 6.07) is 9.50. The molecular weight excluding hydrogens is 268 g/mol. The van der Waals surface area contributed by atoms with E-state index >= 15 is 0 Å². The summed E-state index contributed by atoms with van der Waals surface area (Å²) >= 11 is 0. The third kappa shape index (κ3) is 7.15. The molecule has 0 spiro atoms. The number of amides is 1. The first-order valence-corrected chi connectivity index (χ1v) is 6.72. The van der Waals surface area contributed by atoms with Crippen molar-refractivity contribution in [2.75, 3.05) is 6.54 Å². The molecule has 0 aromatic heterocycles. The van der Waals surface area contributed by atoms with Crippen LogP contribution in [0.2, 0.25) is 0 Å². The molecule has 2 N–H and O–H groups in total. The molecule has 0 aliphatic carbocycles. The number of nitrogens with zero attached hydrogens (tertiary/aromatic N) is 1. The number of nitrogens with one attached hydrogen (secondary N) is 1. The Morgan fingerprint density at radius 3 is 2.48 bits per heavy atom. The highest BCUT2D eigenvalue weighted by molar-refractivity contribution is 5.80. The molecule has 0 radical (unpaired) electrons. The Balaban J connectivity index is 2.62. The van der Waals surface area contributed by atoms with Crippen molar-refractivity contribution in [2.24, 2.45) is 4.99 Å². The smallest absolute Gasteiger partial charge is 0.407 e. The van der Waals surface area contributed by atoms with Crippen molar-refractivity contribution >= 4 is 12.3 Å². The molecule has 0 unspecified atom stereocenters. The van der Waals surface area contributed by atoms with Crippen LogP contribution in [0.3, 0.4) is 0 Å². The Labute approximate surface area is 125 Å². The fraction of sp³-hybridized carbons (Fsp3) is 0.375. The van der Waals surface area contributed by atoms with Crippen LogP contribution in [0.25, 0.3) is 0 Å². The van der Waals surface area contributed by atoms with E-state index < -0.39 is 11.7 Å². The molecule has 1 rings (SSSR count). The van der Waals surface area contributed by atoms with E-state index in [1.807, 2.05) is 30.3 Å². The number of benzene rings is 1. The summed E-state index contributed by atoms with van der Waals surface area (Å²) in [4.78, 5) is 15.8. The van der Waals surface area contributed by atoms with Crippen LogP contribution < -0.4 is 5.32 Å². The molecule has 21 heavy (non-hydrogen) atoms. The minimum Gasteiger partial charge on any atom is -0.511 e. The van der Waals surface area contributed by atoms with Gasteiger partial charge in [0.1, 0.15) is 11.4 Å². The normalized spacial score (nSPS) is 13.0. The first-order valence-electron chi connectivity index (χ1n) is 6.72. The van der Waals surface area contributed by atoms with E-state index in [1.54, 1.807) is 27.0 Å². The van der Waals surface area contributed by atoms with Gasteiger partial charge in [-0.2, -0.15) is 0 Å². The van der Waals surface area contributed by atoms with Gasteiger partial charge >= 0.3 is 6.09 Å². The van der Waals surface area contributed by atoms with Gasteiger partial charge in [-0.1, -0.05) is 30.3 Å². The van der Waals surface area contributed by atoms with Crippen molar-refractivity contribution in [3.63, 3.8) is 0 Å². The summed E-state index contributed by atoms with van der Waals surface area (Å²) in [5.41, 5.74) is 0.730. The molecule has 1 aromatic rings. The second kappa shape index (κ2) is 7.47. The molecule has 0 saturated heterocycles. The second-order valence-corrected chi connectivity index (χ2v) is 5.56. The predicted octanol–water partition coefficient (Wildman–Crippen LogP) is 3.42. The van der Waals surface area contributed by atoms with Crippen molar-refractivity contribution in [3.8, 4) is 0 Å². The van der Waals surface area contributed by atoms with Crippen LogP contribution in [0.15, 0.2) is 46.8 Å². The highest BCUT2D eigenvalue weighted by Crippen LogP contribution is 2.07. The van der Waals surface area contributed by atoms with E-state index in [1.165, 1.54) is 6.92 Å². The lowest BCUT2D eigenvalue weighted by atomic mass is 10.2. The van der Waals surface area contributed by atoms with Crippen molar-refractivity contribution in [2.45, 2.75) is 33.3 Å². The topological polar surface area (TPSA) is 70.9 Å². The van der Waals surface area contributed by atoms with Crippen molar-refractivity contribution < 1.29 is 14.6 Å². The van der Waals surface area contributed by atoms with Crippen molar-refractivity contribution in [1.82, 2.24) is 5.32 Å². The maximum atomic E-state index is 11.6. The Hall–Kier alpha value is -2.30. The largest absolute Gasteiger partial charge is 0.511 e. The third-order valence-electron chi connectivity index (χ3n) is 2.39. The molecule has 0 saturated carbocycles. The van der Waals surface area contributed by atoms with Gasteiger partial charge in [-0.3, -0.25) is 4.99 Å². The molecule has 5 nitrogen and oxygen atoms in total. The molecular formula is C16H22N2O3. The molecule has 1 aromatic carbocycles. The number of allylic oxidation sites excluding steroid dienone is 1. The third-order valence-corrected chi connectivity index (χ3v) is 2.39. The zero-order chi connectivity index (χ0) is 15.9. The number of hydrogen-bond acceptors (Lipinski definition) is 4. The number of rotatable bonds is 4. The van der Waals surface area contributed by atoms with Gasteiger partial charge in [0.2, 0.25) is 0 Å². The number of ether oxygens (including phenoxy) is 1. The number of aliphatic hydroxyl groups is 1. The summed E-state index contributed by atoms with van der Waals surface area (Å²) in [5.74, 6) is 0.0539. The molecule has 5 heteroatoms. The monoisotopic (exact) mass is 290 g/mol. The van der Waals surface area contributed by atoms with Crippen LogP contribution >= 0.6 is 0 Å². The number of carbonyl (C=O) groups is 1.